The van der Waals surface area contributed by atoms with Crippen molar-refractivity contribution in [2.45, 2.75) is 12.5 Å². The number of hydrogen-bond donors (Lipinski definition) is 2. The number of amides is 2. The fourth-order valence-electron chi connectivity index (χ4n) is 3.97. The van der Waals surface area contributed by atoms with E-state index in [1.54, 1.807) is 4.90 Å². The maximum atomic E-state index is 12.8. The van der Waals surface area contributed by atoms with Crippen molar-refractivity contribution in [1.82, 2.24) is 5.32 Å². The molecule has 2 aromatic carbocycles. The zero-order valence-electron chi connectivity index (χ0n) is 17.0. The van der Waals surface area contributed by atoms with Crippen LogP contribution in [0.1, 0.15) is 18.0 Å². The van der Waals surface area contributed by atoms with Crippen molar-refractivity contribution < 1.29 is 24.0 Å². The van der Waals surface area contributed by atoms with Crippen LogP contribution in [0.2, 0.25) is 0 Å². The van der Waals surface area contributed by atoms with Gasteiger partial charge in [-0.2, -0.15) is 0 Å². The highest BCUT2D eigenvalue weighted by atomic mass is 16.5. The molecule has 158 valence electrons. The molecular formula is C23H28N3O4+. The van der Waals surface area contributed by atoms with Crippen molar-refractivity contribution in [1.29, 1.82) is 0 Å². The zero-order chi connectivity index (χ0) is 20.8. The SMILES string of the molecule is O=C(CCN1C(=O)COc2ccccc21)N[C@@H](C[NH+]1CCOCC1)c1ccccc1. The summed E-state index contributed by atoms with van der Waals surface area (Å²) in [4.78, 5) is 28.2. The van der Waals surface area contributed by atoms with E-state index in [0.29, 0.717) is 12.3 Å². The second kappa shape index (κ2) is 9.73. The number of carbonyl (C=O) groups is 2. The molecule has 1 fully saturated rings. The molecule has 2 aliphatic rings. The Kier molecular flexibility index (Phi) is 6.61. The van der Waals surface area contributed by atoms with E-state index in [2.05, 4.69) is 5.32 Å². The van der Waals surface area contributed by atoms with E-state index in [9.17, 15) is 9.59 Å². The fraction of sp³-hybridized carbons (Fsp3) is 0.391. The maximum absolute atomic E-state index is 12.8. The van der Waals surface area contributed by atoms with Crippen LogP contribution in [-0.4, -0.2) is 57.8 Å². The first-order valence-electron chi connectivity index (χ1n) is 10.5. The first-order chi connectivity index (χ1) is 14.7. The van der Waals surface area contributed by atoms with E-state index in [1.165, 1.54) is 4.90 Å². The molecule has 0 aliphatic carbocycles. The van der Waals surface area contributed by atoms with Gasteiger partial charge in [-0.25, -0.2) is 0 Å². The Morgan fingerprint density at radius 2 is 1.80 bits per heavy atom. The van der Waals surface area contributed by atoms with Gasteiger partial charge in [-0.3, -0.25) is 9.59 Å². The number of benzene rings is 2. The topological polar surface area (TPSA) is 72.3 Å². The molecule has 0 bridgehead atoms. The molecule has 2 aliphatic heterocycles. The van der Waals surface area contributed by atoms with Crippen LogP contribution in [0, 0.1) is 0 Å². The van der Waals surface area contributed by atoms with Crippen LogP contribution in [-0.2, 0) is 14.3 Å². The third-order valence-electron chi connectivity index (χ3n) is 5.60. The summed E-state index contributed by atoms with van der Waals surface area (Å²) in [5.41, 5.74) is 1.82. The second-order valence-corrected chi connectivity index (χ2v) is 7.65. The van der Waals surface area contributed by atoms with Crippen molar-refractivity contribution in [3.8, 4) is 5.75 Å². The lowest BCUT2D eigenvalue weighted by Crippen LogP contribution is -3.14. The minimum absolute atomic E-state index is 0.00562. The van der Waals surface area contributed by atoms with E-state index >= 15 is 0 Å². The molecule has 0 saturated carbocycles. The van der Waals surface area contributed by atoms with E-state index in [-0.39, 0.29) is 30.9 Å². The predicted molar refractivity (Wildman–Crippen MR) is 113 cm³/mol. The summed E-state index contributed by atoms with van der Waals surface area (Å²) < 4.78 is 10.9. The van der Waals surface area contributed by atoms with Gasteiger partial charge in [0.15, 0.2) is 6.61 Å². The summed E-state index contributed by atoms with van der Waals surface area (Å²) in [6.07, 6.45) is 0.238. The van der Waals surface area contributed by atoms with Gasteiger partial charge in [-0.15, -0.1) is 0 Å². The molecule has 7 heteroatoms. The molecule has 0 spiro atoms. The molecule has 1 saturated heterocycles. The van der Waals surface area contributed by atoms with Gasteiger partial charge in [0.2, 0.25) is 5.91 Å². The number of nitrogens with zero attached hydrogens (tertiary/aromatic N) is 1. The van der Waals surface area contributed by atoms with Gasteiger partial charge in [0.1, 0.15) is 31.4 Å². The summed E-state index contributed by atoms with van der Waals surface area (Å²) in [5.74, 6) is 0.489. The molecule has 2 aromatic rings. The molecular weight excluding hydrogens is 382 g/mol. The van der Waals surface area contributed by atoms with E-state index < -0.39 is 0 Å². The zero-order valence-corrected chi connectivity index (χ0v) is 17.0. The largest absolute Gasteiger partial charge is 0.482 e. The van der Waals surface area contributed by atoms with Crippen molar-refractivity contribution in [3.63, 3.8) is 0 Å². The molecule has 0 aromatic heterocycles. The molecule has 0 radical (unpaired) electrons. The number of hydrogen-bond acceptors (Lipinski definition) is 4. The van der Waals surface area contributed by atoms with Gasteiger partial charge < -0.3 is 24.6 Å². The van der Waals surface area contributed by atoms with E-state index in [4.69, 9.17) is 9.47 Å². The third kappa shape index (κ3) is 4.98. The number of morpholine rings is 1. The Balaban J connectivity index is 1.39. The standard InChI is InChI=1S/C23H27N3O4/c27-22(10-11-26-20-8-4-5-9-21(20)30-17-23(26)28)24-19(18-6-2-1-3-7-18)16-25-12-14-29-15-13-25/h1-9,19H,10-17H2,(H,24,27)/p+1/t19-/m0/s1. The van der Waals surface area contributed by atoms with Crippen LogP contribution in [0.25, 0.3) is 0 Å². The highest BCUT2D eigenvalue weighted by Gasteiger charge is 2.27. The molecule has 7 nitrogen and oxygen atoms in total. The number of fused-ring (bicyclic) bond motifs is 1. The fourth-order valence-corrected chi connectivity index (χ4v) is 3.97. The number of carbonyl (C=O) groups excluding carboxylic acids is 2. The molecule has 30 heavy (non-hydrogen) atoms. The average Bonchev–Trinajstić information content (AvgIpc) is 2.79. The predicted octanol–water partition coefficient (Wildman–Crippen LogP) is 0.575. The first-order valence-corrected chi connectivity index (χ1v) is 10.5. The van der Waals surface area contributed by atoms with Crippen LogP contribution in [0.5, 0.6) is 5.75 Å². The minimum atomic E-state index is -0.126. The summed E-state index contributed by atoms with van der Waals surface area (Å²) >= 11 is 0. The van der Waals surface area contributed by atoms with Crippen molar-refractivity contribution in [2.24, 2.45) is 0 Å². The van der Waals surface area contributed by atoms with E-state index in [1.807, 2.05) is 54.6 Å². The third-order valence-corrected chi connectivity index (χ3v) is 5.60. The number of anilines is 1. The van der Waals surface area contributed by atoms with E-state index in [0.717, 1.165) is 44.1 Å². The first kappa shape index (κ1) is 20.4. The van der Waals surface area contributed by atoms with Gasteiger partial charge in [0.25, 0.3) is 5.91 Å². The van der Waals surface area contributed by atoms with Gasteiger partial charge in [0, 0.05) is 13.0 Å². The Morgan fingerprint density at radius 1 is 1.07 bits per heavy atom. The number of quaternary nitrogens is 1. The van der Waals surface area contributed by atoms with Crippen LogP contribution in [0.15, 0.2) is 54.6 Å². The van der Waals surface area contributed by atoms with Crippen LogP contribution >= 0.6 is 0 Å². The monoisotopic (exact) mass is 410 g/mol. The summed E-state index contributed by atoms with van der Waals surface area (Å²) in [5, 5.41) is 3.19. The van der Waals surface area contributed by atoms with Gasteiger partial charge >= 0.3 is 0 Å². The Hall–Kier alpha value is -2.90. The number of nitrogens with one attached hydrogen (secondary N) is 2. The lowest BCUT2D eigenvalue weighted by Gasteiger charge is -2.30. The number of rotatable bonds is 7. The summed E-state index contributed by atoms with van der Waals surface area (Å²) in [6.45, 7) is 4.55. The summed E-state index contributed by atoms with van der Waals surface area (Å²) in [6, 6.07) is 17.4. The Morgan fingerprint density at radius 3 is 2.60 bits per heavy atom. The lowest BCUT2D eigenvalue weighted by atomic mass is 10.1. The lowest BCUT2D eigenvalue weighted by molar-refractivity contribution is -0.909. The molecule has 4 rings (SSSR count). The average molecular weight is 410 g/mol. The minimum Gasteiger partial charge on any atom is -0.482 e. The second-order valence-electron chi connectivity index (χ2n) is 7.65. The highest BCUT2D eigenvalue weighted by Crippen LogP contribution is 2.31. The van der Waals surface area contributed by atoms with Crippen LogP contribution in [0.3, 0.4) is 0 Å². The molecule has 0 unspecified atom stereocenters. The molecule has 1 atom stereocenters. The van der Waals surface area contributed by atoms with Gasteiger partial charge in [-0.05, 0) is 17.7 Å². The quantitative estimate of drug-likeness (QED) is 0.700. The Labute approximate surface area is 176 Å². The van der Waals surface area contributed by atoms with Crippen LogP contribution in [0.4, 0.5) is 5.69 Å². The summed E-state index contributed by atoms with van der Waals surface area (Å²) in [7, 11) is 0. The van der Waals surface area contributed by atoms with Gasteiger partial charge in [-0.1, -0.05) is 42.5 Å². The number of para-hydroxylation sites is 2. The normalized spacial score (nSPS) is 17.7. The van der Waals surface area contributed by atoms with Crippen molar-refractivity contribution in [2.75, 3.05) is 50.9 Å². The Bertz CT molecular complexity index is 868. The maximum Gasteiger partial charge on any atom is 0.265 e. The number of ether oxygens (including phenoxy) is 2. The van der Waals surface area contributed by atoms with Gasteiger partial charge in [0.05, 0.1) is 18.9 Å². The van der Waals surface area contributed by atoms with Crippen molar-refractivity contribution in [3.05, 3.63) is 60.2 Å². The van der Waals surface area contributed by atoms with Crippen molar-refractivity contribution >= 4 is 17.5 Å². The highest BCUT2D eigenvalue weighted by molar-refractivity contribution is 5.98. The molecule has 2 heterocycles. The smallest absolute Gasteiger partial charge is 0.265 e. The molecule has 2 amide bonds. The van der Waals surface area contributed by atoms with Crippen LogP contribution < -0.4 is 19.9 Å². The molecule has 2 N–H and O–H groups in total.